The normalized spacial score (nSPS) is 21.4. The number of esters is 1. The van der Waals surface area contributed by atoms with Crippen LogP contribution < -0.4 is 0 Å². The molecular weight excluding hydrogens is 316 g/mol. The Hall–Kier alpha value is -1.39. The highest BCUT2D eigenvalue weighted by atomic mass is 16.6. The average Bonchev–Trinajstić information content (AvgIpc) is 3.39. The van der Waals surface area contributed by atoms with Crippen molar-refractivity contribution in [2.24, 2.45) is 0 Å². The molecule has 0 aromatic rings. The first-order chi connectivity index (χ1) is 12.2. The molecule has 1 aliphatic rings. The Morgan fingerprint density at radius 3 is 2.56 bits per heavy atom. The summed E-state index contributed by atoms with van der Waals surface area (Å²) in [5, 5.41) is 10.0. The predicted molar refractivity (Wildman–Crippen MR) is 101 cm³/mol. The van der Waals surface area contributed by atoms with E-state index in [4.69, 9.17) is 4.74 Å². The number of hydrogen-bond acceptors (Lipinski definition) is 4. The van der Waals surface area contributed by atoms with E-state index in [9.17, 15) is 9.90 Å². The lowest BCUT2D eigenvalue weighted by Gasteiger charge is -2.00. The molecule has 0 amide bonds. The standard InChI is InChI=1S/C21H34O4/c1-3-4-12-16-19-21(25-19)18(22)15-13-10-8-6-5-7-9-11-14-17-20(23)24-2/h6-9,13,15,18-19,21-22H,3-5,10-12,14,16-17H2,1-2H3/b8-6+,9-7+,15-13+/t18-,19+,21-/m1/s1. The molecule has 0 radical (unpaired) electrons. The average molecular weight is 350 g/mol. The molecule has 25 heavy (non-hydrogen) atoms. The van der Waals surface area contributed by atoms with E-state index in [1.807, 2.05) is 12.2 Å². The van der Waals surface area contributed by atoms with Crippen molar-refractivity contribution in [2.75, 3.05) is 7.11 Å². The second kappa shape index (κ2) is 13.9. The summed E-state index contributed by atoms with van der Waals surface area (Å²) in [6, 6.07) is 0. The van der Waals surface area contributed by atoms with Crippen molar-refractivity contribution in [3.05, 3.63) is 36.5 Å². The lowest BCUT2D eigenvalue weighted by Crippen LogP contribution is -2.13. The highest BCUT2D eigenvalue weighted by Gasteiger charge is 2.42. The molecule has 0 aromatic carbocycles. The molecule has 3 atom stereocenters. The number of aliphatic hydroxyl groups excluding tert-OH is 1. The molecule has 1 N–H and O–H groups in total. The van der Waals surface area contributed by atoms with Crippen LogP contribution in [-0.4, -0.2) is 36.5 Å². The van der Waals surface area contributed by atoms with Gasteiger partial charge in [0.05, 0.1) is 13.2 Å². The Bertz CT molecular complexity index is 439. The Labute approximate surface area is 152 Å². The first-order valence-corrected chi connectivity index (χ1v) is 9.56. The van der Waals surface area contributed by atoms with Crippen LogP contribution in [0.15, 0.2) is 36.5 Å². The van der Waals surface area contributed by atoms with Gasteiger partial charge < -0.3 is 14.6 Å². The summed E-state index contributed by atoms with van der Waals surface area (Å²) in [4.78, 5) is 10.9. The molecule has 0 aromatic heterocycles. The third kappa shape index (κ3) is 11.0. The zero-order valence-electron chi connectivity index (χ0n) is 15.7. The summed E-state index contributed by atoms with van der Waals surface area (Å²) in [5.74, 6) is -0.147. The third-order valence-corrected chi connectivity index (χ3v) is 4.24. The number of aliphatic hydroxyl groups is 1. The SMILES string of the molecule is CCCCC[C@@H]1O[C@@H]1[C@H](O)/C=C/C/C=C/C/C=C/CCCC(=O)OC. The zero-order chi connectivity index (χ0) is 18.3. The van der Waals surface area contributed by atoms with Gasteiger partial charge in [0.1, 0.15) is 12.2 Å². The van der Waals surface area contributed by atoms with Crippen LogP contribution in [0.1, 0.15) is 64.7 Å². The third-order valence-electron chi connectivity index (χ3n) is 4.24. The van der Waals surface area contributed by atoms with E-state index >= 15 is 0 Å². The van der Waals surface area contributed by atoms with Gasteiger partial charge in [0.25, 0.3) is 0 Å². The number of rotatable bonds is 14. The number of hydrogen-bond donors (Lipinski definition) is 1. The Kier molecular flexibility index (Phi) is 12.0. The van der Waals surface area contributed by atoms with Crippen molar-refractivity contribution in [1.82, 2.24) is 0 Å². The van der Waals surface area contributed by atoms with Gasteiger partial charge >= 0.3 is 5.97 Å². The number of ether oxygens (including phenoxy) is 2. The van der Waals surface area contributed by atoms with Crippen LogP contribution in [0.2, 0.25) is 0 Å². The van der Waals surface area contributed by atoms with Gasteiger partial charge in [-0.2, -0.15) is 0 Å². The molecule has 1 fully saturated rings. The number of epoxide rings is 1. The summed E-state index contributed by atoms with van der Waals surface area (Å²) in [5.41, 5.74) is 0. The van der Waals surface area contributed by atoms with Gasteiger partial charge in [0.2, 0.25) is 0 Å². The van der Waals surface area contributed by atoms with Gasteiger partial charge in [-0.15, -0.1) is 0 Å². The minimum atomic E-state index is -0.477. The Balaban J connectivity index is 2.00. The first kappa shape index (κ1) is 21.7. The second-order valence-corrected chi connectivity index (χ2v) is 6.44. The Morgan fingerprint density at radius 2 is 1.84 bits per heavy atom. The van der Waals surface area contributed by atoms with Gasteiger partial charge in [-0.3, -0.25) is 4.79 Å². The molecule has 0 aliphatic carbocycles. The van der Waals surface area contributed by atoms with Gasteiger partial charge in [-0.1, -0.05) is 62.6 Å². The van der Waals surface area contributed by atoms with Crippen LogP contribution >= 0.6 is 0 Å². The maximum Gasteiger partial charge on any atom is 0.305 e. The van der Waals surface area contributed by atoms with Crippen LogP contribution in [0, 0.1) is 0 Å². The highest BCUT2D eigenvalue weighted by molar-refractivity contribution is 5.69. The molecule has 1 heterocycles. The highest BCUT2D eigenvalue weighted by Crippen LogP contribution is 2.30. The largest absolute Gasteiger partial charge is 0.469 e. The van der Waals surface area contributed by atoms with Crippen LogP contribution in [-0.2, 0) is 14.3 Å². The van der Waals surface area contributed by atoms with E-state index in [1.54, 1.807) is 0 Å². The van der Waals surface area contributed by atoms with E-state index in [0.717, 1.165) is 32.1 Å². The van der Waals surface area contributed by atoms with Crippen molar-refractivity contribution in [1.29, 1.82) is 0 Å². The molecule has 0 bridgehead atoms. The lowest BCUT2D eigenvalue weighted by atomic mass is 10.1. The van der Waals surface area contributed by atoms with Crippen LogP contribution in [0.3, 0.4) is 0 Å². The van der Waals surface area contributed by atoms with Gasteiger partial charge in [-0.05, 0) is 32.1 Å². The van der Waals surface area contributed by atoms with Crippen molar-refractivity contribution in [3.63, 3.8) is 0 Å². The van der Waals surface area contributed by atoms with Crippen molar-refractivity contribution in [2.45, 2.75) is 83.0 Å². The number of allylic oxidation sites excluding steroid dienone is 5. The summed E-state index contributed by atoms with van der Waals surface area (Å²) >= 11 is 0. The van der Waals surface area contributed by atoms with Crippen molar-refractivity contribution < 1.29 is 19.4 Å². The molecule has 1 saturated heterocycles. The molecule has 0 saturated carbocycles. The van der Waals surface area contributed by atoms with E-state index in [1.165, 1.54) is 26.4 Å². The summed E-state index contributed by atoms with van der Waals surface area (Å²) in [7, 11) is 1.42. The fraction of sp³-hybridized carbons (Fsp3) is 0.667. The maximum absolute atomic E-state index is 10.9. The van der Waals surface area contributed by atoms with Crippen LogP contribution in [0.25, 0.3) is 0 Å². The van der Waals surface area contributed by atoms with Crippen LogP contribution in [0.4, 0.5) is 0 Å². The molecule has 4 nitrogen and oxygen atoms in total. The molecule has 0 spiro atoms. The van der Waals surface area contributed by atoms with Crippen molar-refractivity contribution in [3.8, 4) is 0 Å². The van der Waals surface area contributed by atoms with E-state index < -0.39 is 6.10 Å². The predicted octanol–water partition coefficient (Wildman–Crippen LogP) is 4.49. The number of carbonyl (C=O) groups is 1. The van der Waals surface area contributed by atoms with Crippen molar-refractivity contribution >= 4 is 5.97 Å². The smallest absolute Gasteiger partial charge is 0.305 e. The zero-order valence-corrected chi connectivity index (χ0v) is 15.7. The minimum absolute atomic E-state index is 0.00464. The molecule has 1 rings (SSSR count). The second-order valence-electron chi connectivity index (χ2n) is 6.44. The molecule has 142 valence electrons. The number of unbranched alkanes of at least 4 members (excludes halogenated alkanes) is 3. The lowest BCUT2D eigenvalue weighted by molar-refractivity contribution is -0.140. The van der Waals surface area contributed by atoms with E-state index in [0.29, 0.717) is 6.42 Å². The molecule has 1 aliphatic heterocycles. The van der Waals surface area contributed by atoms with E-state index in [-0.39, 0.29) is 18.2 Å². The fourth-order valence-corrected chi connectivity index (χ4v) is 2.64. The number of carbonyl (C=O) groups excluding carboxylic acids is 1. The van der Waals surface area contributed by atoms with Crippen LogP contribution in [0.5, 0.6) is 0 Å². The summed E-state index contributed by atoms with van der Waals surface area (Å²) < 4.78 is 10.1. The minimum Gasteiger partial charge on any atom is -0.469 e. The topological polar surface area (TPSA) is 59.1 Å². The van der Waals surface area contributed by atoms with Gasteiger partial charge in [-0.25, -0.2) is 0 Å². The fourth-order valence-electron chi connectivity index (χ4n) is 2.64. The molecule has 4 heteroatoms. The molecular formula is C21H34O4. The monoisotopic (exact) mass is 350 g/mol. The maximum atomic E-state index is 10.9. The quantitative estimate of drug-likeness (QED) is 0.217. The van der Waals surface area contributed by atoms with E-state index in [2.05, 4.69) is 36.0 Å². The number of methoxy groups -OCH3 is 1. The van der Waals surface area contributed by atoms with Gasteiger partial charge in [0.15, 0.2) is 0 Å². The Morgan fingerprint density at radius 1 is 1.12 bits per heavy atom. The molecule has 0 unspecified atom stereocenters. The first-order valence-electron chi connectivity index (χ1n) is 9.56. The summed E-state index contributed by atoms with van der Waals surface area (Å²) in [6.07, 6.45) is 20.6. The summed E-state index contributed by atoms with van der Waals surface area (Å²) in [6.45, 7) is 2.19. The van der Waals surface area contributed by atoms with Gasteiger partial charge in [0, 0.05) is 6.42 Å².